The zero-order valence-corrected chi connectivity index (χ0v) is 11.3. The Balaban J connectivity index is 1.86. The van der Waals surface area contributed by atoms with E-state index >= 15 is 0 Å². The quantitative estimate of drug-likeness (QED) is 0.756. The van der Waals surface area contributed by atoms with Crippen molar-refractivity contribution in [2.45, 2.75) is 32.2 Å². The second-order valence-electron chi connectivity index (χ2n) is 5.29. The van der Waals surface area contributed by atoms with E-state index in [2.05, 4.69) is 46.0 Å². The number of aryl methyl sites for hydroxylation is 1. The van der Waals surface area contributed by atoms with Crippen LogP contribution in [0.15, 0.2) is 22.7 Å². The minimum absolute atomic E-state index is 0.702. The Hall–Kier alpha value is -0.340. The molecular weight excluding hydrogens is 262 g/mol. The topological polar surface area (TPSA) is 3.24 Å². The smallest absolute Gasteiger partial charge is 0.0354 e. The number of benzene rings is 1. The van der Waals surface area contributed by atoms with Gasteiger partial charge in [0.1, 0.15) is 0 Å². The summed E-state index contributed by atoms with van der Waals surface area (Å²) in [4.78, 5) is 2.68. The van der Waals surface area contributed by atoms with Crippen LogP contribution in [0.25, 0.3) is 0 Å². The molecule has 2 atom stereocenters. The first-order chi connectivity index (χ1) is 7.74. The normalized spacial score (nSPS) is 29.6. The molecule has 0 N–H and O–H groups in total. The van der Waals surface area contributed by atoms with E-state index in [1.807, 2.05) is 0 Å². The van der Waals surface area contributed by atoms with Gasteiger partial charge in [-0.3, -0.25) is 4.90 Å². The van der Waals surface area contributed by atoms with Crippen LogP contribution < -0.4 is 0 Å². The molecule has 0 amide bonds. The zero-order chi connectivity index (χ0) is 11.1. The Labute approximate surface area is 106 Å². The van der Waals surface area contributed by atoms with Gasteiger partial charge in [0, 0.05) is 17.1 Å². The van der Waals surface area contributed by atoms with Gasteiger partial charge in [-0.15, -0.1) is 0 Å². The lowest BCUT2D eigenvalue weighted by atomic mass is 10.1. The third-order valence-corrected chi connectivity index (χ3v) is 4.54. The first-order valence-corrected chi connectivity index (χ1v) is 7.05. The highest BCUT2D eigenvalue weighted by Crippen LogP contribution is 2.39. The van der Waals surface area contributed by atoms with Crippen LogP contribution in [0.4, 0.5) is 0 Å². The van der Waals surface area contributed by atoms with Crippen molar-refractivity contribution in [3.8, 4) is 0 Å². The molecule has 1 aliphatic heterocycles. The van der Waals surface area contributed by atoms with Crippen molar-refractivity contribution in [3.63, 3.8) is 0 Å². The number of likely N-dealkylation sites (tertiary alicyclic amines) is 1. The molecule has 1 saturated heterocycles. The molecule has 0 spiro atoms. The largest absolute Gasteiger partial charge is 0.296 e. The Morgan fingerprint density at radius 3 is 2.94 bits per heavy atom. The van der Waals surface area contributed by atoms with Crippen molar-refractivity contribution < 1.29 is 0 Å². The maximum atomic E-state index is 3.56. The Morgan fingerprint density at radius 1 is 1.31 bits per heavy atom. The maximum Gasteiger partial charge on any atom is 0.0354 e. The third kappa shape index (κ3) is 1.82. The van der Waals surface area contributed by atoms with E-state index < -0.39 is 0 Å². The molecule has 0 aromatic heterocycles. The van der Waals surface area contributed by atoms with Crippen LogP contribution in [0, 0.1) is 5.92 Å². The highest BCUT2D eigenvalue weighted by atomic mass is 79.9. The number of hydrogen-bond donors (Lipinski definition) is 0. The van der Waals surface area contributed by atoms with Crippen LogP contribution in [0.2, 0.25) is 0 Å². The van der Waals surface area contributed by atoms with Gasteiger partial charge in [-0.05, 0) is 55.0 Å². The van der Waals surface area contributed by atoms with Gasteiger partial charge < -0.3 is 0 Å². The van der Waals surface area contributed by atoms with E-state index in [4.69, 9.17) is 0 Å². The lowest BCUT2D eigenvalue weighted by molar-refractivity contribution is 0.238. The Kier molecular flexibility index (Phi) is 2.80. The Bertz CT molecular complexity index is 402. The summed E-state index contributed by atoms with van der Waals surface area (Å²) in [6.07, 6.45) is 3.95. The van der Waals surface area contributed by atoms with Gasteiger partial charge in [-0.25, -0.2) is 0 Å². The van der Waals surface area contributed by atoms with Gasteiger partial charge in [0.25, 0.3) is 0 Å². The summed E-state index contributed by atoms with van der Waals surface area (Å²) in [5.74, 6) is 0.888. The molecule has 0 radical (unpaired) electrons. The van der Waals surface area contributed by atoms with E-state index in [0.717, 1.165) is 5.92 Å². The molecular formula is C14H18BrN. The van der Waals surface area contributed by atoms with E-state index in [9.17, 15) is 0 Å². The number of hydrogen-bond acceptors (Lipinski definition) is 1. The minimum Gasteiger partial charge on any atom is -0.296 e. The lowest BCUT2D eigenvalue weighted by Gasteiger charge is -2.24. The molecule has 2 unspecified atom stereocenters. The number of halogens is 1. The van der Waals surface area contributed by atoms with Crippen LogP contribution in [0.1, 0.15) is 36.9 Å². The SMILES string of the molecule is CC1CCN(C2CCc3cc(Br)ccc32)C1. The van der Waals surface area contributed by atoms with Gasteiger partial charge in [0.05, 0.1) is 0 Å². The van der Waals surface area contributed by atoms with Crippen LogP contribution >= 0.6 is 15.9 Å². The Morgan fingerprint density at radius 2 is 2.19 bits per heavy atom. The fraction of sp³-hybridized carbons (Fsp3) is 0.571. The van der Waals surface area contributed by atoms with Crippen molar-refractivity contribution in [3.05, 3.63) is 33.8 Å². The number of nitrogens with zero attached hydrogens (tertiary/aromatic N) is 1. The third-order valence-electron chi connectivity index (χ3n) is 4.05. The van der Waals surface area contributed by atoms with Gasteiger partial charge in [0.2, 0.25) is 0 Å². The molecule has 2 heteroatoms. The predicted octanol–water partition coefficient (Wildman–Crippen LogP) is 3.78. The molecule has 1 aromatic rings. The monoisotopic (exact) mass is 279 g/mol. The standard InChI is InChI=1S/C14H18BrN/c1-10-6-7-16(9-10)14-5-2-11-8-12(15)3-4-13(11)14/h3-4,8,10,14H,2,5-7,9H2,1H3. The highest BCUT2D eigenvalue weighted by molar-refractivity contribution is 9.10. The fourth-order valence-electron chi connectivity index (χ4n) is 3.20. The second-order valence-corrected chi connectivity index (χ2v) is 6.20. The van der Waals surface area contributed by atoms with Crippen LogP contribution in [-0.4, -0.2) is 18.0 Å². The minimum atomic E-state index is 0.702. The first-order valence-electron chi connectivity index (χ1n) is 6.26. The van der Waals surface area contributed by atoms with Crippen LogP contribution in [-0.2, 0) is 6.42 Å². The summed E-state index contributed by atoms with van der Waals surface area (Å²) in [6, 6.07) is 7.51. The lowest BCUT2D eigenvalue weighted by Crippen LogP contribution is -2.24. The van der Waals surface area contributed by atoms with Crippen molar-refractivity contribution >= 4 is 15.9 Å². The molecule has 1 fully saturated rings. The highest BCUT2D eigenvalue weighted by Gasteiger charge is 2.31. The molecule has 3 rings (SSSR count). The van der Waals surface area contributed by atoms with Gasteiger partial charge in [0.15, 0.2) is 0 Å². The zero-order valence-electron chi connectivity index (χ0n) is 9.75. The molecule has 0 saturated carbocycles. The molecule has 1 nitrogen and oxygen atoms in total. The first kappa shape index (κ1) is 10.8. The molecule has 1 heterocycles. The molecule has 1 aromatic carbocycles. The average Bonchev–Trinajstić information content (AvgIpc) is 2.83. The van der Waals surface area contributed by atoms with Gasteiger partial charge in [-0.2, -0.15) is 0 Å². The predicted molar refractivity (Wildman–Crippen MR) is 70.6 cm³/mol. The van der Waals surface area contributed by atoms with E-state index in [0.29, 0.717) is 6.04 Å². The summed E-state index contributed by atoms with van der Waals surface area (Å²) in [5, 5.41) is 0. The summed E-state index contributed by atoms with van der Waals surface area (Å²) in [7, 11) is 0. The van der Waals surface area contributed by atoms with Crippen molar-refractivity contribution in [2.24, 2.45) is 5.92 Å². The van der Waals surface area contributed by atoms with E-state index in [1.54, 1.807) is 11.1 Å². The fourth-order valence-corrected chi connectivity index (χ4v) is 3.60. The molecule has 1 aliphatic carbocycles. The maximum absolute atomic E-state index is 3.56. The van der Waals surface area contributed by atoms with Gasteiger partial charge >= 0.3 is 0 Å². The van der Waals surface area contributed by atoms with Gasteiger partial charge in [-0.1, -0.05) is 28.9 Å². The summed E-state index contributed by atoms with van der Waals surface area (Å²) >= 11 is 3.56. The summed E-state index contributed by atoms with van der Waals surface area (Å²) in [5.41, 5.74) is 3.14. The molecule has 16 heavy (non-hydrogen) atoms. The van der Waals surface area contributed by atoms with Crippen molar-refractivity contribution in [1.82, 2.24) is 4.90 Å². The van der Waals surface area contributed by atoms with E-state index in [-0.39, 0.29) is 0 Å². The number of fused-ring (bicyclic) bond motifs is 1. The van der Waals surface area contributed by atoms with Crippen molar-refractivity contribution in [1.29, 1.82) is 0 Å². The van der Waals surface area contributed by atoms with Crippen LogP contribution in [0.5, 0.6) is 0 Å². The van der Waals surface area contributed by atoms with Crippen molar-refractivity contribution in [2.75, 3.05) is 13.1 Å². The second kappa shape index (κ2) is 4.15. The number of rotatable bonds is 1. The molecule has 2 aliphatic rings. The summed E-state index contributed by atoms with van der Waals surface area (Å²) in [6.45, 7) is 4.96. The molecule has 0 bridgehead atoms. The summed E-state index contributed by atoms with van der Waals surface area (Å²) < 4.78 is 1.22. The average molecular weight is 280 g/mol. The van der Waals surface area contributed by atoms with E-state index in [1.165, 1.54) is 36.8 Å². The van der Waals surface area contributed by atoms with Crippen LogP contribution in [0.3, 0.4) is 0 Å². The molecule has 86 valence electrons.